The fourth-order valence-electron chi connectivity index (χ4n) is 2.18. The Labute approximate surface area is 101 Å². The zero-order valence-electron chi connectivity index (χ0n) is 9.16. The number of rotatable bonds is 4. The van der Waals surface area contributed by atoms with Crippen molar-refractivity contribution < 1.29 is 23.6 Å². The molecule has 2 heterocycles. The van der Waals surface area contributed by atoms with Crippen LogP contribution in [0.2, 0.25) is 0 Å². The molecule has 0 aromatic heterocycles. The summed E-state index contributed by atoms with van der Waals surface area (Å²) >= 11 is 4.88. The van der Waals surface area contributed by atoms with Crippen molar-refractivity contribution in [3.8, 4) is 0 Å². The fourth-order valence-corrected chi connectivity index (χ4v) is 3.19. The Morgan fingerprint density at radius 3 is 2.88 bits per heavy atom. The molecule has 5 nitrogen and oxygen atoms in total. The molecule has 0 amide bonds. The van der Waals surface area contributed by atoms with Gasteiger partial charge in [0.05, 0.1) is 13.2 Å². The highest BCUT2D eigenvalue weighted by molar-refractivity contribution is 8.09. The second-order valence-corrected chi connectivity index (χ2v) is 8.03. The van der Waals surface area contributed by atoms with E-state index in [0.29, 0.717) is 13.2 Å². The van der Waals surface area contributed by atoms with Crippen LogP contribution in [-0.2, 0) is 30.5 Å². The summed E-state index contributed by atoms with van der Waals surface area (Å²) in [6.45, 7) is -0.639. The lowest BCUT2D eigenvalue weighted by atomic mass is 9.92. The van der Waals surface area contributed by atoms with Gasteiger partial charge < -0.3 is 23.6 Å². The summed E-state index contributed by atoms with van der Waals surface area (Å²) < 4.78 is 21.7. The predicted molar refractivity (Wildman–Crippen MR) is 62.3 cm³/mol. The Balaban J connectivity index is 2.19. The molecule has 0 aromatic rings. The molecular formula is C8H14BO5PS. The minimum atomic E-state index is -2.78. The van der Waals surface area contributed by atoms with Gasteiger partial charge in [0.15, 0.2) is 6.49 Å². The normalized spacial score (nSPS) is 45.8. The first-order valence-corrected chi connectivity index (χ1v) is 8.03. The zero-order valence-corrected chi connectivity index (χ0v) is 10.9. The third-order valence-corrected chi connectivity index (χ3v) is 3.61. The van der Waals surface area contributed by atoms with E-state index in [9.17, 15) is 4.89 Å². The Bertz CT molecular complexity index is 324. The third kappa shape index (κ3) is 2.23. The van der Waals surface area contributed by atoms with E-state index in [1.807, 2.05) is 0 Å². The first-order chi connectivity index (χ1) is 7.38. The van der Waals surface area contributed by atoms with Gasteiger partial charge in [-0.2, -0.15) is 0 Å². The number of hydrogen-bond donors (Lipinski definition) is 1. The summed E-state index contributed by atoms with van der Waals surface area (Å²) in [5.41, 5.74) is -0.734. The minimum absolute atomic E-state index is 0.303. The highest BCUT2D eigenvalue weighted by atomic mass is 32.5. The van der Waals surface area contributed by atoms with Crippen molar-refractivity contribution in [1.29, 1.82) is 0 Å². The van der Waals surface area contributed by atoms with Crippen LogP contribution in [0.25, 0.3) is 0 Å². The number of ether oxygens (including phenoxy) is 3. The summed E-state index contributed by atoms with van der Waals surface area (Å²) in [5, 5.41) is 0. The minimum Gasteiger partial charge on any atom is -0.381 e. The van der Waals surface area contributed by atoms with E-state index < -0.39 is 24.2 Å². The van der Waals surface area contributed by atoms with Gasteiger partial charge in [-0.1, -0.05) is 0 Å². The Kier molecular flexibility index (Phi) is 3.50. The van der Waals surface area contributed by atoms with E-state index in [-0.39, 0.29) is 6.10 Å². The van der Waals surface area contributed by atoms with Gasteiger partial charge >= 0.3 is 0 Å². The van der Waals surface area contributed by atoms with Crippen molar-refractivity contribution in [2.75, 3.05) is 27.0 Å². The van der Waals surface area contributed by atoms with Crippen LogP contribution in [0.4, 0.5) is 0 Å². The van der Waals surface area contributed by atoms with Gasteiger partial charge in [-0.15, -0.1) is 0 Å². The standard InChI is InChI=1S/C8H14BO5PS/c1-11-3-8-4-12-5(7(9)13-8)6(8)14-15(2,10)16/h5-7H,3-4H2,1-2H3,(H,10,16)/t5-,6-,7+,8?,15?/m0/s1. The van der Waals surface area contributed by atoms with Crippen LogP contribution in [0.3, 0.4) is 0 Å². The molecule has 2 fully saturated rings. The van der Waals surface area contributed by atoms with Crippen molar-refractivity contribution >= 4 is 26.1 Å². The highest BCUT2D eigenvalue weighted by Crippen LogP contribution is 2.49. The molecule has 2 aliphatic heterocycles. The molecule has 5 atom stereocenters. The molecule has 2 unspecified atom stereocenters. The van der Waals surface area contributed by atoms with E-state index in [2.05, 4.69) is 0 Å². The van der Waals surface area contributed by atoms with Crippen molar-refractivity contribution in [3.63, 3.8) is 0 Å². The Morgan fingerprint density at radius 1 is 1.69 bits per heavy atom. The van der Waals surface area contributed by atoms with Crippen molar-refractivity contribution in [2.24, 2.45) is 0 Å². The number of methoxy groups -OCH3 is 1. The summed E-state index contributed by atoms with van der Waals surface area (Å²) in [4.78, 5) is 9.62. The first kappa shape index (κ1) is 13.0. The average Bonchev–Trinajstić information content (AvgIpc) is 2.54. The molecule has 2 radical (unpaired) electrons. The van der Waals surface area contributed by atoms with E-state index >= 15 is 0 Å². The maximum absolute atomic E-state index is 9.62. The summed E-state index contributed by atoms with van der Waals surface area (Å²) in [6.07, 6.45) is -0.840. The molecule has 8 heteroatoms. The summed E-state index contributed by atoms with van der Waals surface area (Å²) in [5.74, 6) is 0. The van der Waals surface area contributed by atoms with Gasteiger partial charge in [-0.3, -0.25) is 0 Å². The summed E-state index contributed by atoms with van der Waals surface area (Å²) in [6, 6.07) is -0.560. The molecule has 90 valence electrons. The molecule has 2 aliphatic rings. The van der Waals surface area contributed by atoms with Crippen LogP contribution in [-0.4, -0.2) is 63.5 Å². The van der Waals surface area contributed by atoms with Gasteiger partial charge in [0, 0.05) is 19.8 Å². The van der Waals surface area contributed by atoms with Crippen LogP contribution >= 0.6 is 6.49 Å². The molecule has 2 rings (SSSR count). The molecule has 0 aliphatic carbocycles. The predicted octanol–water partition coefficient (Wildman–Crippen LogP) is -0.388. The van der Waals surface area contributed by atoms with Crippen LogP contribution < -0.4 is 0 Å². The van der Waals surface area contributed by atoms with Gasteiger partial charge in [0.25, 0.3) is 0 Å². The van der Waals surface area contributed by atoms with Crippen LogP contribution in [0.1, 0.15) is 0 Å². The Morgan fingerprint density at radius 2 is 2.38 bits per heavy atom. The molecule has 0 saturated carbocycles. The lowest BCUT2D eigenvalue weighted by Gasteiger charge is -2.30. The topological polar surface area (TPSA) is 57.2 Å². The van der Waals surface area contributed by atoms with Crippen LogP contribution in [0.5, 0.6) is 0 Å². The molecule has 1 N–H and O–H groups in total. The number of fused-ring (bicyclic) bond motifs is 2. The van der Waals surface area contributed by atoms with E-state index in [1.54, 1.807) is 7.11 Å². The molecule has 16 heavy (non-hydrogen) atoms. The van der Waals surface area contributed by atoms with Crippen molar-refractivity contribution in [1.82, 2.24) is 0 Å². The monoisotopic (exact) mass is 264 g/mol. The summed E-state index contributed by atoms with van der Waals surface area (Å²) in [7, 11) is 7.32. The van der Waals surface area contributed by atoms with Gasteiger partial charge in [-0.25, -0.2) is 0 Å². The largest absolute Gasteiger partial charge is 0.381 e. The molecule has 2 saturated heterocycles. The van der Waals surface area contributed by atoms with E-state index in [0.717, 1.165) is 0 Å². The average molecular weight is 264 g/mol. The fraction of sp³-hybridized carbons (Fsp3) is 1.00. The third-order valence-electron chi connectivity index (χ3n) is 2.73. The second kappa shape index (κ2) is 4.32. The lowest BCUT2D eigenvalue weighted by Crippen LogP contribution is -2.45. The van der Waals surface area contributed by atoms with Gasteiger partial charge in [0.1, 0.15) is 25.7 Å². The van der Waals surface area contributed by atoms with Crippen molar-refractivity contribution in [2.45, 2.75) is 23.8 Å². The first-order valence-electron chi connectivity index (χ1n) is 4.90. The van der Waals surface area contributed by atoms with Gasteiger partial charge in [0.2, 0.25) is 0 Å². The molecular weight excluding hydrogens is 250 g/mol. The molecule has 0 aromatic carbocycles. The lowest BCUT2D eigenvalue weighted by molar-refractivity contribution is -0.140. The zero-order chi connectivity index (χ0) is 12.0. The van der Waals surface area contributed by atoms with E-state index in [4.69, 9.17) is 38.4 Å². The Hall–Kier alpha value is 0.515. The van der Waals surface area contributed by atoms with Crippen LogP contribution in [0.15, 0.2) is 0 Å². The van der Waals surface area contributed by atoms with E-state index in [1.165, 1.54) is 6.66 Å². The highest BCUT2D eigenvalue weighted by Gasteiger charge is 2.61. The van der Waals surface area contributed by atoms with Gasteiger partial charge in [-0.05, 0) is 11.8 Å². The second-order valence-electron chi connectivity index (χ2n) is 4.18. The quantitative estimate of drug-likeness (QED) is 0.551. The smallest absolute Gasteiger partial charge is 0.183 e. The molecule has 0 spiro atoms. The maximum atomic E-state index is 9.62. The van der Waals surface area contributed by atoms with Crippen LogP contribution in [0, 0.1) is 0 Å². The SMILES string of the molecule is [B][C@@H]1OC2(COC)CO[C@H]1[C@@H]2OP(C)(O)=S. The van der Waals surface area contributed by atoms with Crippen molar-refractivity contribution in [3.05, 3.63) is 0 Å². The maximum Gasteiger partial charge on any atom is 0.183 e. The molecule has 2 bridgehead atoms. The number of hydrogen-bond acceptors (Lipinski definition) is 5.